The second-order valence-corrected chi connectivity index (χ2v) is 5.49. The first-order valence-corrected chi connectivity index (χ1v) is 6.80. The van der Waals surface area contributed by atoms with Crippen molar-refractivity contribution in [1.29, 1.82) is 0 Å². The number of likely N-dealkylation sites (N-methyl/N-ethyl adjacent to an activating group) is 1. The van der Waals surface area contributed by atoms with E-state index in [2.05, 4.69) is 5.32 Å². The van der Waals surface area contributed by atoms with Gasteiger partial charge in [0.1, 0.15) is 5.82 Å². The van der Waals surface area contributed by atoms with Crippen molar-refractivity contribution >= 4 is 11.6 Å². The number of halogens is 1. The van der Waals surface area contributed by atoms with Gasteiger partial charge in [-0.1, -0.05) is 13.0 Å². The van der Waals surface area contributed by atoms with Crippen molar-refractivity contribution in [2.75, 3.05) is 25.0 Å². The van der Waals surface area contributed by atoms with Crippen LogP contribution in [-0.2, 0) is 4.79 Å². The number of amides is 1. The molecule has 0 aromatic heterocycles. The molecule has 0 saturated heterocycles. The highest BCUT2D eigenvalue weighted by Gasteiger charge is 2.17. The van der Waals surface area contributed by atoms with Crippen molar-refractivity contribution < 1.29 is 14.3 Å². The average Bonchev–Trinajstić information content (AvgIpc) is 2.33. The summed E-state index contributed by atoms with van der Waals surface area (Å²) in [6.45, 7) is 7.29. The van der Waals surface area contributed by atoms with Crippen molar-refractivity contribution in [3.05, 3.63) is 30.1 Å². The molecular formula is C15H23FN2O2. The standard InChI is InChI=1S/C15H23FN2O2/c1-4-18(11-15(2,3)20)9-8-14(19)17-13-7-5-6-12(16)10-13/h5-7,10,20H,4,8-9,11H2,1-3H3,(H,17,19). The molecule has 112 valence electrons. The molecule has 0 atom stereocenters. The van der Waals surface area contributed by atoms with Gasteiger partial charge in [0.05, 0.1) is 5.60 Å². The van der Waals surface area contributed by atoms with Gasteiger partial charge in [-0.15, -0.1) is 0 Å². The van der Waals surface area contributed by atoms with Gasteiger partial charge < -0.3 is 15.3 Å². The van der Waals surface area contributed by atoms with E-state index in [1.165, 1.54) is 12.1 Å². The maximum absolute atomic E-state index is 13.0. The molecule has 1 rings (SSSR count). The Bertz CT molecular complexity index is 444. The summed E-state index contributed by atoms with van der Waals surface area (Å²) in [5, 5.41) is 12.4. The minimum absolute atomic E-state index is 0.162. The zero-order valence-corrected chi connectivity index (χ0v) is 12.3. The summed E-state index contributed by atoms with van der Waals surface area (Å²) in [5.74, 6) is -0.537. The first-order valence-electron chi connectivity index (χ1n) is 6.80. The van der Waals surface area contributed by atoms with Gasteiger partial charge in [0.25, 0.3) is 0 Å². The molecule has 0 radical (unpaired) electrons. The van der Waals surface area contributed by atoms with Crippen LogP contribution in [0.15, 0.2) is 24.3 Å². The van der Waals surface area contributed by atoms with Gasteiger partial charge in [-0.05, 0) is 38.6 Å². The molecule has 0 saturated carbocycles. The number of hydrogen-bond donors (Lipinski definition) is 2. The largest absolute Gasteiger partial charge is 0.389 e. The minimum Gasteiger partial charge on any atom is -0.389 e. The lowest BCUT2D eigenvalue weighted by Gasteiger charge is -2.27. The summed E-state index contributed by atoms with van der Waals surface area (Å²) in [4.78, 5) is 13.8. The third-order valence-electron chi connectivity index (χ3n) is 2.82. The van der Waals surface area contributed by atoms with E-state index < -0.39 is 5.60 Å². The predicted octanol–water partition coefficient (Wildman–Crippen LogP) is 2.25. The van der Waals surface area contributed by atoms with Gasteiger partial charge in [-0.2, -0.15) is 0 Å². The highest BCUT2D eigenvalue weighted by atomic mass is 19.1. The molecule has 0 fully saturated rings. The van der Waals surface area contributed by atoms with Crippen molar-refractivity contribution in [1.82, 2.24) is 4.90 Å². The number of carbonyl (C=O) groups excluding carboxylic acids is 1. The fourth-order valence-electron chi connectivity index (χ4n) is 1.95. The number of nitrogens with zero attached hydrogens (tertiary/aromatic N) is 1. The molecule has 20 heavy (non-hydrogen) atoms. The number of nitrogens with one attached hydrogen (secondary N) is 1. The highest BCUT2D eigenvalue weighted by molar-refractivity contribution is 5.90. The smallest absolute Gasteiger partial charge is 0.225 e. The molecule has 2 N–H and O–H groups in total. The molecule has 5 heteroatoms. The molecule has 0 aliphatic rings. The Hall–Kier alpha value is -1.46. The molecule has 1 amide bonds. The van der Waals surface area contributed by atoms with Crippen LogP contribution in [0.1, 0.15) is 27.2 Å². The molecule has 0 aliphatic carbocycles. The summed E-state index contributed by atoms with van der Waals surface area (Å²) in [6, 6.07) is 5.82. The highest BCUT2D eigenvalue weighted by Crippen LogP contribution is 2.10. The summed E-state index contributed by atoms with van der Waals surface area (Å²) in [5.41, 5.74) is -0.324. The molecule has 1 aromatic carbocycles. The van der Waals surface area contributed by atoms with Crippen molar-refractivity contribution in [2.45, 2.75) is 32.8 Å². The van der Waals surface area contributed by atoms with Gasteiger partial charge in [-0.25, -0.2) is 4.39 Å². The lowest BCUT2D eigenvalue weighted by molar-refractivity contribution is -0.116. The second-order valence-electron chi connectivity index (χ2n) is 5.49. The summed E-state index contributed by atoms with van der Waals surface area (Å²) >= 11 is 0. The summed E-state index contributed by atoms with van der Waals surface area (Å²) in [6.07, 6.45) is 0.306. The van der Waals surface area contributed by atoms with Crippen LogP contribution in [0.25, 0.3) is 0 Å². The monoisotopic (exact) mass is 282 g/mol. The lowest BCUT2D eigenvalue weighted by atomic mass is 10.1. The van der Waals surface area contributed by atoms with E-state index in [9.17, 15) is 14.3 Å². The van der Waals surface area contributed by atoms with Crippen LogP contribution in [0.2, 0.25) is 0 Å². The second kappa shape index (κ2) is 7.36. The van der Waals surface area contributed by atoms with E-state index in [-0.39, 0.29) is 11.7 Å². The van der Waals surface area contributed by atoms with Gasteiger partial charge in [0, 0.05) is 25.2 Å². The quantitative estimate of drug-likeness (QED) is 0.806. The molecule has 4 nitrogen and oxygen atoms in total. The predicted molar refractivity (Wildman–Crippen MR) is 78.1 cm³/mol. The van der Waals surface area contributed by atoms with Gasteiger partial charge in [0.2, 0.25) is 5.91 Å². The zero-order chi connectivity index (χ0) is 15.2. The van der Waals surface area contributed by atoms with Crippen LogP contribution >= 0.6 is 0 Å². The Labute approximate surface area is 119 Å². The third-order valence-corrected chi connectivity index (χ3v) is 2.82. The Morgan fingerprint density at radius 2 is 2.15 bits per heavy atom. The van der Waals surface area contributed by atoms with Crippen LogP contribution in [0.3, 0.4) is 0 Å². The van der Waals surface area contributed by atoms with Gasteiger partial charge in [-0.3, -0.25) is 4.79 Å². The van der Waals surface area contributed by atoms with Crippen molar-refractivity contribution in [3.63, 3.8) is 0 Å². The van der Waals surface area contributed by atoms with E-state index in [0.717, 1.165) is 6.54 Å². The van der Waals surface area contributed by atoms with Gasteiger partial charge >= 0.3 is 0 Å². The maximum atomic E-state index is 13.0. The first kappa shape index (κ1) is 16.6. The minimum atomic E-state index is -0.783. The van der Waals surface area contributed by atoms with Crippen LogP contribution in [0.4, 0.5) is 10.1 Å². The summed E-state index contributed by atoms with van der Waals surface area (Å²) in [7, 11) is 0. The number of hydrogen-bond acceptors (Lipinski definition) is 3. The summed E-state index contributed by atoms with van der Waals surface area (Å²) < 4.78 is 13.0. The SMILES string of the molecule is CCN(CCC(=O)Nc1cccc(F)c1)CC(C)(C)O. The number of anilines is 1. The van der Waals surface area contributed by atoms with Crippen LogP contribution in [0, 0.1) is 5.82 Å². The zero-order valence-electron chi connectivity index (χ0n) is 12.3. The fraction of sp³-hybridized carbons (Fsp3) is 0.533. The van der Waals surface area contributed by atoms with E-state index in [1.807, 2.05) is 11.8 Å². The molecule has 0 unspecified atom stereocenters. The number of rotatable bonds is 7. The van der Waals surface area contributed by atoms with Crippen molar-refractivity contribution in [2.24, 2.45) is 0 Å². The van der Waals surface area contributed by atoms with Crippen LogP contribution in [-0.4, -0.2) is 41.1 Å². The molecule has 0 spiro atoms. The van der Waals surface area contributed by atoms with E-state index in [1.54, 1.807) is 26.0 Å². The van der Waals surface area contributed by atoms with E-state index in [0.29, 0.717) is 25.2 Å². The van der Waals surface area contributed by atoms with E-state index in [4.69, 9.17) is 0 Å². The number of aliphatic hydroxyl groups is 1. The number of carbonyl (C=O) groups is 1. The van der Waals surface area contributed by atoms with Crippen molar-refractivity contribution in [3.8, 4) is 0 Å². The Kier molecular flexibility index (Phi) is 6.10. The first-order chi connectivity index (χ1) is 9.30. The Morgan fingerprint density at radius 1 is 1.45 bits per heavy atom. The van der Waals surface area contributed by atoms with Crippen LogP contribution in [0.5, 0.6) is 0 Å². The van der Waals surface area contributed by atoms with Gasteiger partial charge in [0.15, 0.2) is 0 Å². The topological polar surface area (TPSA) is 52.6 Å². The molecule has 0 aliphatic heterocycles. The normalized spacial score (nSPS) is 11.7. The molecule has 0 bridgehead atoms. The lowest BCUT2D eigenvalue weighted by Crippen LogP contribution is -2.39. The Balaban J connectivity index is 2.42. The maximum Gasteiger partial charge on any atom is 0.225 e. The van der Waals surface area contributed by atoms with E-state index >= 15 is 0 Å². The molecule has 1 aromatic rings. The Morgan fingerprint density at radius 3 is 2.70 bits per heavy atom. The fourth-order valence-corrected chi connectivity index (χ4v) is 1.95. The average molecular weight is 282 g/mol. The molecular weight excluding hydrogens is 259 g/mol. The number of benzene rings is 1. The third kappa shape index (κ3) is 6.63. The molecule has 0 heterocycles. The van der Waals surface area contributed by atoms with Crippen LogP contribution < -0.4 is 5.32 Å².